The van der Waals surface area contributed by atoms with Crippen molar-refractivity contribution in [2.24, 2.45) is 0 Å². The standard InChI is InChI=1S/C11H14N2O3S/c1-3-8(2)13-10-7-5-4-6-9(10)12-11(13)17(14,15)16/h4-8H,3H2,1-2H3,(H,14,15,16)/t8-/m1/s1. The molecule has 92 valence electrons. The second kappa shape index (κ2) is 4.12. The van der Waals surface area contributed by atoms with E-state index in [1.807, 2.05) is 19.9 Å². The highest BCUT2D eigenvalue weighted by molar-refractivity contribution is 7.85. The first-order chi connectivity index (χ1) is 7.95. The average Bonchev–Trinajstić information content (AvgIpc) is 2.67. The van der Waals surface area contributed by atoms with Gasteiger partial charge in [-0.3, -0.25) is 4.55 Å². The van der Waals surface area contributed by atoms with E-state index in [1.54, 1.807) is 22.8 Å². The van der Waals surface area contributed by atoms with Crippen LogP contribution in [0.5, 0.6) is 0 Å². The molecule has 0 aliphatic heterocycles. The van der Waals surface area contributed by atoms with Crippen LogP contribution in [0.25, 0.3) is 11.0 Å². The van der Waals surface area contributed by atoms with Gasteiger partial charge in [0.1, 0.15) is 0 Å². The Morgan fingerprint density at radius 1 is 1.41 bits per heavy atom. The number of benzene rings is 1. The summed E-state index contributed by atoms with van der Waals surface area (Å²) in [6, 6.07) is 7.08. The second-order valence-electron chi connectivity index (χ2n) is 3.99. The number of rotatable bonds is 3. The number of nitrogens with zero attached hydrogens (tertiary/aromatic N) is 2. The van der Waals surface area contributed by atoms with Gasteiger partial charge in [0, 0.05) is 6.04 Å². The maximum absolute atomic E-state index is 11.3. The second-order valence-corrected chi connectivity index (χ2v) is 5.30. The first-order valence-electron chi connectivity index (χ1n) is 5.39. The zero-order chi connectivity index (χ0) is 12.6. The van der Waals surface area contributed by atoms with Crippen LogP contribution in [0.15, 0.2) is 29.4 Å². The van der Waals surface area contributed by atoms with E-state index in [4.69, 9.17) is 0 Å². The Morgan fingerprint density at radius 3 is 2.65 bits per heavy atom. The molecule has 1 aromatic carbocycles. The Bertz CT molecular complexity index is 646. The molecule has 1 N–H and O–H groups in total. The molecule has 0 bridgehead atoms. The van der Waals surface area contributed by atoms with Crippen LogP contribution < -0.4 is 0 Å². The molecule has 0 saturated carbocycles. The van der Waals surface area contributed by atoms with E-state index in [9.17, 15) is 13.0 Å². The van der Waals surface area contributed by atoms with Crippen molar-refractivity contribution in [2.75, 3.05) is 0 Å². The van der Waals surface area contributed by atoms with E-state index >= 15 is 0 Å². The van der Waals surface area contributed by atoms with E-state index in [-0.39, 0.29) is 11.2 Å². The fourth-order valence-corrected chi connectivity index (χ4v) is 2.55. The molecule has 0 unspecified atom stereocenters. The zero-order valence-corrected chi connectivity index (χ0v) is 10.5. The summed E-state index contributed by atoms with van der Waals surface area (Å²) in [7, 11) is -4.30. The predicted molar refractivity (Wildman–Crippen MR) is 64.5 cm³/mol. The van der Waals surface area contributed by atoms with E-state index in [1.165, 1.54) is 0 Å². The quantitative estimate of drug-likeness (QED) is 0.853. The van der Waals surface area contributed by atoms with Gasteiger partial charge in [-0.05, 0) is 25.5 Å². The molecule has 5 nitrogen and oxygen atoms in total. The molecule has 0 saturated heterocycles. The van der Waals surface area contributed by atoms with Crippen molar-refractivity contribution < 1.29 is 13.0 Å². The Kier molecular flexibility index (Phi) is 2.92. The van der Waals surface area contributed by atoms with Crippen molar-refractivity contribution in [1.29, 1.82) is 0 Å². The lowest BCUT2D eigenvalue weighted by molar-refractivity contribution is 0.442. The summed E-state index contributed by atoms with van der Waals surface area (Å²) in [6.45, 7) is 3.84. The van der Waals surface area contributed by atoms with Crippen molar-refractivity contribution in [2.45, 2.75) is 31.5 Å². The highest BCUT2D eigenvalue weighted by Crippen LogP contribution is 2.25. The molecule has 2 rings (SSSR count). The summed E-state index contributed by atoms with van der Waals surface area (Å²) in [5.41, 5.74) is 1.29. The third-order valence-corrected chi connectivity index (χ3v) is 3.58. The van der Waals surface area contributed by atoms with E-state index in [0.717, 1.165) is 11.9 Å². The van der Waals surface area contributed by atoms with E-state index in [0.29, 0.717) is 5.52 Å². The molecule has 0 aliphatic carbocycles. The van der Waals surface area contributed by atoms with Crippen LogP contribution in [-0.4, -0.2) is 22.5 Å². The summed E-state index contributed by atoms with van der Waals surface area (Å²) in [6.07, 6.45) is 0.753. The van der Waals surface area contributed by atoms with Crippen LogP contribution >= 0.6 is 0 Å². The number of imidazole rings is 1. The number of para-hydroxylation sites is 2. The smallest absolute Gasteiger partial charge is 0.310 e. The fraction of sp³-hybridized carbons (Fsp3) is 0.364. The van der Waals surface area contributed by atoms with Gasteiger partial charge in [0.25, 0.3) is 5.16 Å². The van der Waals surface area contributed by atoms with E-state index in [2.05, 4.69) is 4.98 Å². The van der Waals surface area contributed by atoms with Gasteiger partial charge in [0.05, 0.1) is 11.0 Å². The summed E-state index contributed by atoms with van der Waals surface area (Å²) in [4.78, 5) is 3.98. The van der Waals surface area contributed by atoms with Gasteiger partial charge in [-0.15, -0.1) is 0 Å². The molecule has 6 heteroatoms. The predicted octanol–water partition coefficient (Wildman–Crippen LogP) is 2.25. The molecule has 1 heterocycles. The largest absolute Gasteiger partial charge is 0.328 e. The highest BCUT2D eigenvalue weighted by Gasteiger charge is 2.23. The van der Waals surface area contributed by atoms with Gasteiger partial charge in [0.2, 0.25) is 0 Å². The van der Waals surface area contributed by atoms with Crippen LogP contribution in [0, 0.1) is 0 Å². The molecule has 1 atom stereocenters. The Hall–Kier alpha value is -1.40. The molecular formula is C11H14N2O3S. The zero-order valence-electron chi connectivity index (χ0n) is 9.66. The van der Waals surface area contributed by atoms with Crippen LogP contribution in [-0.2, 0) is 10.1 Å². The lowest BCUT2D eigenvalue weighted by atomic mass is 10.2. The minimum atomic E-state index is -4.30. The first kappa shape index (κ1) is 12.1. The Balaban J connectivity index is 2.83. The van der Waals surface area contributed by atoms with Crippen LogP contribution in [0.2, 0.25) is 0 Å². The molecule has 1 aromatic heterocycles. The van der Waals surface area contributed by atoms with Crippen molar-refractivity contribution >= 4 is 21.2 Å². The fourth-order valence-electron chi connectivity index (χ4n) is 1.81. The monoisotopic (exact) mass is 254 g/mol. The van der Waals surface area contributed by atoms with Crippen molar-refractivity contribution in [3.05, 3.63) is 24.3 Å². The maximum Gasteiger partial charge on any atom is 0.328 e. The van der Waals surface area contributed by atoms with Crippen LogP contribution in [0.4, 0.5) is 0 Å². The Labute approximate surface area is 99.8 Å². The normalized spacial score (nSPS) is 14.1. The van der Waals surface area contributed by atoms with Crippen molar-refractivity contribution in [1.82, 2.24) is 9.55 Å². The highest BCUT2D eigenvalue weighted by atomic mass is 32.2. The minimum absolute atomic E-state index is 0.0423. The molecule has 0 fully saturated rings. The summed E-state index contributed by atoms with van der Waals surface area (Å²) in [5.74, 6) is 0. The molecule has 0 spiro atoms. The van der Waals surface area contributed by atoms with Gasteiger partial charge in [-0.25, -0.2) is 4.98 Å². The van der Waals surface area contributed by atoms with Crippen molar-refractivity contribution in [3.63, 3.8) is 0 Å². The summed E-state index contributed by atoms with van der Waals surface area (Å²) >= 11 is 0. The molecule has 0 amide bonds. The number of aromatic nitrogens is 2. The van der Waals surface area contributed by atoms with Crippen molar-refractivity contribution in [3.8, 4) is 0 Å². The molecule has 0 radical (unpaired) electrons. The van der Waals surface area contributed by atoms with E-state index < -0.39 is 10.1 Å². The number of hydrogen-bond donors (Lipinski definition) is 1. The third-order valence-electron chi connectivity index (χ3n) is 2.83. The lowest BCUT2D eigenvalue weighted by Gasteiger charge is -2.13. The third kappa shape index (κ3) is 2.05. The molecule has 0 aliphatic rings. The SMILES string of the molecule is CC[C@@H](C)n1c(S(=O)(=O)O)nc2ccccc21. The molecule has 2 aromatic rings. The maximum atomic E-state index is 11.3. The number of hydrogen-bond acceptors (Lipinski definition) is 3. The molecule has 17 heavy (non-hydrogen) atoms. The van der Waals surface area contributed by atoms with Gasteiger partial charge in [0.15, 0.2) is 0 Å². The number of fused-ring (bicyclic) bond motifs is 1. The average molecular weight is 254 g/mol. The van der Waals surface area contributed by atoms with Crippen LogP contribution in [0.1, 0.15) is 26.3 Å². The van der Waals surface area contributed by atoms with Gasteiger partial charge < -0.3 is 4.57 Å². The van der Waals surface area contributed by atoms with Gasteiger partial charge in [-0.1, -0.05) is 19.1 Å². The van der Waals surface area contributed by atoms with Gasteiger partial charge in [-0.2, -0.15) is 8.42 Å². The van der Waals surface area contributed by atoms with Crippen LogP contribution in [0.3, 0.4) is 0 Å². The molecular weight excluding hydrogens is 240 g/mol. The lowest BCUT2D eigenvalue weighted by Crippen LogP contribution is -2.13. The summed E-state index contributed by atoms with van der Waals surface area (Å²) in [5, 5.41) is -0.284. The minimum Gasteiger partial charge on any atom is -0.310 e. The summed E-state index contributed by atoms with van der Waals surface area (Å²) < 4.78 is 33.4. The van der Waals surface area contributed by atoms with Gasteiger partial charge >= 0.3 is 10.1 Å². The first-order valence-corrected chi connectivity index (χ1v) is 6.83. The Morgan fingerprint density at radius 2 is 2.06 bits per heavy atom. The topological polar surface area (TPSA) is 72.2 Å².